The van der Waals surface area contributed by atoms with E-state index in [9.17, 15) is 40.5 Å². The number of ether oxygens (including phenoxy) is 2. The average molecular weight is 594 g/mol. The van der Waals surface area contributed by atoms with E-state index in [4.69, 9.17) is 19.3 Å². The second kappa shape index (κ2) is 12.3. The van der Waals surface area contributed by atoms with E-state index in [1.54, 1.807) is 0 Å². The second-order valence-corrected chi connectivity index (χ2v) is 10.8. The van der Waals surface area contributed by atoms with Crippen LogP contribution in [-0.4, -0.2) is 64.0 Å². The van der Waals surface area contributed by atoms with E-state index in [1.165, 1.54) is 13.2 Å². The Labute approximate surface area is 218 Å². The first-order valence-corrected chi connectivity index (χ1v) is 13.5. The van der Waals surface area contributed by atoms with Crippen LogP contribution in [0.2, 0.25) is 0 Å². The predicted molar refractivity (Wildman–Crippen MR) is 122 cm³/mol. The van der Waals surface area contributed by atoms with Crippen molar-refractivity contribution in [3.8, 4) is 0 Å². The number of phosphoric ester groups is 1. The number of nitrogens with one attached hydrogen (secondary N) is 1. The first-order valence-electron chi connectivity index (χ1n) is 12.0. The summed E-state index contributed by atoms with van der Waals surface area (Å²) in [6.07, 6.45) is -10.6. The van der Waals surface area contributed by atoms with Gasteiger partial charge in [-0.3, -0.25) is 18.7 Å². The number of hydrogen-bond acceptors (Lipinski definition) is 6. The Hall–Kier alpha value is -1.97. The third-order valence-corrected chi connectivity index (χ3v) is 7.42. The zero-order valence-corrected chi connectivity index (χ0v) is 21.5. The molecule has 3 N–H and O–H groups in total. The summed E-state index contributed by atoms with van der Waals surface area (Å²) in [5, 5.41) is 2.41. The summed E-state index contributed by atoms with van der Waals surface area (Å²) in [5.41, 5.74) is -0.875. The fourth-order valence-electron chi connectivity index (χ4n) is 4.89. The molecule has 2 fully saturated rings. The summed E-state index contributed by atoms with van der Waals surface area (Å²) in [6, 6.07) is 2.11. The van der Waals surface area contributed by atoms with Gasteiger partial charge in [-0.25, -0.2) is 8.96 Å². The molecule has 39 heavy (non-hydrogen) atoms. The summed E-state index contributed by atoms with van der Waals surface area (Å²) in [7, 11) is -3.57. The molecule has 1 heterocycles. The highest BCUT2D eigenvalue weighted by Gasteiger charge is 2.63. The third-order valence-electron chi connectivity index (χ3n) is 6.97. The number of halogens is 6. The van der Waals surface area contributed by atoms with Crippen molar-refractivity contribution < 1.29 is 59.5 Å². The van der Waals surface area contributed by atoms with E-state index in [-0.39, 0.29) is 31.4 Å². The smallest absolute Gasteiger partial charge is 0.379 e. The highest BCUT2D eigenvalue weighted by Crippen LogP contribution is 2.49. The lowest BCUT2D eigenvalue weighted by Crippen LogP contribution is -2.51. The number of anilines is 1. The van der Waals surface area contributed by atoms with Gasteiger partial charge in [0.25, 0.3) is 5.56 Å². The van der Waals surface area contributed by atoms with Gasteiger partial charge in [-0.05, 0) is 38.2 Å². The zero-order valence-electron chi connectivity index (χ0n) is 20.7. The number of pyridine rings is 1. The molecule has 2 aliphatic carbocycles. The lowest BCUT2D eigenvalue weighted by atomic mass is 9.76. The fraction of sp³-hybridized carbons (Fsp3) is 0.727. The van der Waals surface area contributed by atoms with Gasteiger partial charge in [0, 0.05) is 37.4 Å². The Morgan fingerprint density at radius 3 is 2.38 bits per heavy atom. The molecular weight excluding hydrogens is 565 g/mol. The molecule has 6 atom stereocenters. The van der Waals surface area contributed by atoms with E-state index in [1.807, 2.05) is 0 Å². The minimum Gasteiger partial charge on any atom is -0.379 e. The lowest BCUT2D eigenvalue weighted by molar-refractivity contribution is -0.310. The maximum absolute atomic E-state index is 14.2. The summed E-state index contributed by atoms with van der Waals surface area (Å²) >= 11 is 0. The van der Waals surface area contributed by atoms with Crippen LogP contribution >= 0.6 is 7.82 Å². The topological polar surface area (TPSA) is 136 Å². The molecule has 222 valence electrons. The van der Waals surface area contributed by atoms with E-state index in [0.29, 0.717) is 0 Å². The molecular formula is C22H29F6N2O8P. The van der Waals surface area contributed by atoms with Crippen LogP contribution in [0.5, 0.6) is 0 Å². The highest BCUT2D eigenvalue weighted by atomic mass is 31.2. The minimum atomic E-state index is -5.80. The van der Waals surface area contributed by atoms with Crippen LogP contribution in [-0.2, 0) is 30.1 Å². The van der Waals surface area contributed by atoms with Crippen molar-refractivity contribution in [3.63, 3.8) is 0 Å². The van der Waals surface area contributed by atoms with Crippen LogP contribution in [0.4, 0.5) is 32.0 Å². The largest absolute Gasteiger partial charge is 0.471 e. The van der Waals surface area contributed by atoms with Crippen molar-refractivity contribution in [2.45, 2.75) is 81.8 Å². The molecule has 0 spiro atoms. The van der Waals surface area contributed by atoms with Gasteiger partial charge in [0.15, 0.2) is 0 Å². The normalized spacial score (nSPS) is 28.7. The first kappa shape index (κ1) is 31.6. The number of phosphoric acid groups is 1. The van der Waals surface area contributed by atoms with E-state index in [0.717, 1.165) is 16.8 Å². The van der Waals surface area contributed by atoms with Crippen molar-refractivity contribution in [1.29, 1.82) is 0 Å². The number of hydrogen-bond donors (Lipinski definition) is 3. The van der Waals surface area contributed by atoms with Gasteiger partial charge >= 0.3 is 19.9 Å². The van der Waals surface area contributed by atoms with Crippen LogP contribution in [0.25, 0.3) is 0 Å². The number of alkyl halides is 6. The average Bonchev–Trinajstić information content (AvgIpc) is 2.83. The van der Waals surface area contributed by atoms with Crippen LogP contribution < -0.4 is 10.9 Å². The number of rotatable bonds is 9. The zero-order chi connectivity index (χ0) is 29.2. The van der Waals surface area contributed by atoms with Crippen molar-refractivity contribution in [3.05, 3.63) is 28.7 Å². The molecule has 17 heteroatoms. The monoisotopic (exact) mass is 594 g/mol. The molecule has 6 unspecified atom stereocenters. The molecule has 0 aromatic carbocycles. The minimum absolute atomic E-state index is 0.0606. The number of aromatic nitrogens is 1. The fourth-order valence-corrected chi connectivity index (χ4v) is 5.16. The quantitative estimate of drug-likeness (QED) is 0.291. The summed E-state index contributed by atoms with van der Waals surface area (Å²) in [5.74, 6) is -9.15. The number of carbonyl (C=O) groups is 1. The Bertz CT molecular complexity index is 1110. The SMILES string of the molecule is COC1CC(F)CCC1OC1CC(C(F)(F)C(F)(F)F)CCC1C(=O)Nc1ccn(COP(=O)(O)O)c(=O)c1. The molecule has 1 aromatic rings. The van der Waals surface area contributed by atoms with Gasteiger partial charge in [-0.15, -0.1) is 0 Å². The number of methoxy groups -OCH3 is 1. The Kier molecular flexibility index (Phi) is 9.93. The number of carbonyl (C=O) groups excluding carboxylic acids is 1. The maximum Gasteiger partial charge on any atom is 0.471 e. The van der Waals surface area contributed by atoms with Gasteiger partial charge in [0.1, 0.15) is 12.9 Å². The van der Waals surface area contributed by atoms with Crippen LogP contribution in [0.1, 0.15) is 38.5 Å². The standard InChI is InChI=1S/C22H29F6N2O8P/c1-36-18-9-13(23)3-5-16(18)38-17-8-12(21(24,25)22(26,27)28)2-4-15(17)20(32)29-14-6-7-30(19(31)10-14)11-37-39(33,34)35/h6-7,10,12-13,15-18H,2-5,8-9,11H2,1H3,(H,29,32)(H2,33,34,35). The number of amides is 1. The number of nitrogens with zero attached hydrogens (tertiary/aromatic N) is 1. The van der Waals surface area contributed by atoms with Crippen molar-refractivity contribution in [1.82, 2.24) is 4.57 Å². The summed E-state index contributed by atoms with van der Waals surface area (Å²) in [4.78, 5) is 42.8. The summed E-state index contributed by atoms with van der Waals surface area (Å²) in [6.45, 7) is -0.785. The Morgan fingerprint density at radius 2 is 1.79 bits per heavy atom. The molecule has 0 bridgehead atoms. The van der Waals surface area contributed by atoms with Gasteiger partial charge in [-0.1, -0.05) is 0 Å². The first-order chi connectivity index (χ1) is 18.0. The maximum atomic E-state index is 14.2. The van der Waals surface area contributed by atoms with Gasteiger partial charge in [-0.2, -0.15) is 22.0 Å². The molecule has 0 aliphatic heterocycles. The lowest BCUT2D eigenvalue weighted by Gasteiger charge is -2.42. The van der Waals surface area contributed by atoms with Crippen molar-refractivity contribution in [2.24, 2.45) is 11.8 Å². The van der Waals surface area contributed by atoms with E-state index >= 15 is 0 Å². The highest BCUT2D eigenvalue weighted by molar-refractivity contribution is 7.46. The third kappa shape index (κ3) is 8.04. The molecule has 2 saturated carbocycles. The molecule has 10 nitrogen and oxygen atoms in total. The predicted octanol–water partition coefficient (Wildman–Crippen LogP) is 3.76. The Balaban J connectivity index is 1.79. The van der Waals surface area contributed by atoms with Gasteiger partial charge < -0.3 is 24.6 Å². The Morgan fingerprint density at radius 1 is 1.10 bits per heavy atom. The van der Waals surface area contributed by atoms with Crippen molar-refractivity contribution >= 4 is 19.4 Å². The van der Waals surface area contributed by atoms with E-state index < -0.39 is 87.3 Å². The molecule has 2 aliphatic rings. The van der Waals surface area contributed by atoms with E-state index in [2.05, 4.69) is 9.84 Å². The van der Waals surface area contributed by atoms with Crippen LogP contribution in [0.3, 0.4) is 0 Å². The second-order valence-electron chi connectivity index (χ2n) is 9.60. The van der Waals surface area contributed by atoms with Gasteiger partial charge in [0.05, 0.1) is 24.2 Å². The molecule has 3 rings (SSSR count). The summed E-state index contributed by atoms with van der Waals surface area (Å²) < 4.78 is 108. The molecule has 0 radical (unpaired) electrons. The van der Waals surface area contributed by atoms with Crippen LogP contribution in [0.15, 0.2) is 23.1 Å². The van der Waals surface area contributed by atoms with Gasteiger partial charge in [0.2, 0.25) is 5.91 Å². The molecule has 1 amide bonds. The van der Waals surface area contributed by atoms with Crippen molar-refractivity contribution in [2.75, 3.05) is 12.4 Å². The molecule has 0 saturated heterocycles. The molecule has 1 aromatic heterocycles. The van der Waals surface area contributed by atoms with Crippen LogP contribution in [0, 0.1) is 11.8 Å².